The van der Waals surface area contributed by atoms with Gasteiger partial charge in [-0.2, -0.15) is 0 Å². The molecule has 23 heavy (non-hydrogen) atoms. The summed E-state index contributed by atoms with van der Waals surface area (Å²) in [5, 5.41) is 2.50. The van der Waals surface area contributed by atoms with E-state index >= 15 is 0 Å². The third kappa shape index (κ3) is 4.00. The third-order valence-electron chi connectivity index (χ3n) is 3.57. The van der Waals surface area contributed by atoms with Gasteiger partial charge >= 0.3 is 0 Å². The molecule has 2 N–H and O–H groups in total. The third-order valence-corrected chi connectivity index (χ3v) is 4.86. The van der Waals surface area contributed by atoms with Crippen LogP contribution in [0.25, 0.3) is 0 Å². The van der Waals surface area contributed by atoms with E-state index in [1.54, 1.807) is 0 Å². The lowest BCUT2D eigenvalue weighted by Crippen LogP contribution is -2.26. The zero-order valence-corrected chi connectivity index (χ0v) is 14.1. The molecule has 0 bridgehead atoms. The van der Waals surface area contributed by atoms with Gasteiger partial charge in [-0.05, 0) is 43.7 Å². The maximum atomic E-state index is 12.2. The van der Waals surface area contributed by atoms with Crippen molar-refractivity contribution in [2.24, 2.45) is 0 Å². The summed E-state index contributed by atoms with van der Waals surface area (Å²) in [6.45, 7) is 3.93. The molecule has 0 aliphatic carbocycles. The zero-order valence-electron chi connectivity index (χ0n) is 13.3. The first kappa shape index (κ1) is 17.2. The average Bonchev–Trinajstić information content (AvgIpc) is 3.06. The number of hydrogen-bond acceptors (Lipinski definition) is 4. The monoisotopic (exact) mass is 336 g/mol. The first-order chi connectivity index (χ1) is 10.9. The van der Waals surface area contributed by atoms with Crippen LogP contribution in [0.3, 0.4) is 0 Å². The van der Waals surface area contributed by atoms with Crippen molar-refractivity contribution in [1.29, 1.82) is 0 Å². The fourth-order valence-corrected chi connectivity index (χ4v) is 2.73. The van der Waals surface area contributed by atoms with E-state index in [0.29, 0.717) is 0 Å². The first-order valence-corrected chi connectivity index (χ1v) is 8.78. The highest BCUT2D eigenvalue weighted by molar-refractivity contribution is 7.89. The molecule has 124 valence electrons. The number of hydrogen-bond donors (Lipinski definition) is 2. The van der Waals surface area contributed by atoms with E-state index in [2.05, 4.69) is 17.0 Å². The molecule has 1 atom stereocenters. The second-order valence-electron chi connectivity index (χ2n) is 5.12. The zero-order chi connectivity index (χ0) is 17.0. The largest absolute Gasteiger partial charge is 0.438 e. The number of benzene rings is 1. The molecular formula is C16H20N2O4S. The fraction of sp³-hybridized carbons (Fsp3) is 0.312. The Morgan fingerprint density at radius 1 is 1.17 bits per heavy atom. The minimum Gasteiger partial charge on any atom is -0.438 e. The van der Waals surface area contributed by atoms with Gasteiger partial charge in [-0.1, -0.05) is 31.2 Å². The summed E-state index contributed by atoms with van der Waals surface area (Å²) in [5.74, 6) is -0.509. The van der Waals surface area contributed by atoms with Gasteiger partial charge in [-0.15, -0.1) is 0 Å². The molecule has 0 radical (unpaired) electrons. The van der Waals surface area contributed by atoms with Gasteiger partial charge in [-0.25, -0.2) is 13.1 Å². The lowest BCUT2D eigenvalue weighted by molar-refractivity contribution is 0.0906. The Labute approximate surface area is 135 Å². The summed E-state index contributed by atoms with van der Waals surface area (Å²) in [4.78, 5) is 12.2. The Morgan fingerprint density at radius 3 is 2.39 bits per heavy atom. The predicted octanol–water partition coefficient (Wildman–Crippen LogP) is 2.24. The maximum absolute atomic E-state index is 12.2. The van der Waals surface area contributed by atoms with Crippen molar-refractivity contribution in [3.63, 3.8) is 0 Å². The van der Waals surface area contributed by atoms with Crippen LogP contribution < -0.4 is 10.0 Å². The van der Waals surface area contributed by atoms with Crippen molar-refractivity contribution < 1.29 is 17.6 Å². The van der Waals surface area contributed by atoms with Gasteiger partial charge in [0.05, 0.1) is 6.04 Å². The van der Waals surface area contributed by atoms with Crippen LogP contribution in [0.4, 0.5) is 0 Å². The van der Waals surface area contributed by atoms with E-state index in [4.69, 9.17) is 4.42 Å². The molecule has 0 saturated heterocycles. The van der Waals surface area contributed by atoms with Crippen molar-refractivity contribution in [3.05, 3.63) is 53.3 Å². The number of nitrogens with one attached hydrogen (secondary N) is 2. The van der Waals surface area contributed by atoms with Crippen LogP contribution in [-0.2, 0) is 16.4 Å². The number of amides is 1. The van der Waals surface area contributed by atoms with Gasteiger partial charge in [-0.3, -0.25) is 4.79 Å². The number of furan rings is 1. The Balaban J connectivity index is 2.09. The first-order valence-electron chi connectivity index (χ1n) is 7.30. The van der Waals surface area contributed by atoms with E-state index in [1.807, 2.05) is 31.2 Å². The molecule has 2 aromatic rings. The Bertz CT molecular complexity index is 779. The maximum Gasteiger partial charge on any atom is 0.287 e. The van der Waals surface area contributed by atoms with Crippen LogP contribution >= 0.6 is 0 Å². The van der Waals surface area contributed by atoms with Crippen LogP contribution in [-0.4, -0.2) is 21.4 Å². The Morgan fingerprint density at radius 2 is 1.83 bits per heavy atom. The van der Waals surface area contributed by atoms with Crippen LogP contribution in [0.5, 0.6) is 0 Å². The van der Waals surface area contributed by atoms with Gasteiger partial charge in [0.25, 0.3) is 15.9 Å². The minimum absolute atomic E-state index is 0.0455. The molecule has 0 fully saturated rings. The highest BCUT2D eigenvalue weighted by Crippen LogP contribution is 2.17. The van der Waals surface area contributed by atoms with Crippen LogP contribution in [0.1, 0.15) is 41.6 Å². The Hall–Kier alpha value is -2.12. The van der Waals surface area contributed by atoms with E-state index < -0.39 is 15.9 Å². The summed E-state index contributed by atoms with van der Waals surface area (Å²) in [6, 6.07) is 10.3. The minimum atomic E-state index is -3.70. The molecule has 0 spiro atoms. The van der Waals surface area contributed by atoms with E-state index in [1.165, 1.54) is 24.7 Å². The predicted molar refractivity (Wildman–Crippen MR) is 86.7 cm³/mol. The summed E-state index contributed by atoms with van der Waals surface area (Å²) >= 11 is 0. The molecule has 0 saturated carbocycles. The smallest absolute Gasteiger partial charge is 0.287 e. The topological polar surface area (TPSA) is 88.4 Å². The Kier molecular flexibility index (Phi) is 5.23. The van der Waals surface area contributed by atoms with Crippen LogP contribution in [0.15, 0.2) is 45.9 Å². The summed E-state index contributed by atoms with van der Waals surface area (Å²) < 4.78 is 30.5. The number of rotatable bonds is 6. The molecule has 7 heteroatoms. The number of carbonyl (C=O) groups excluding carboxylic acids is 1. The molecule has 2 rings (SSSR count). The van der Waals surface area contributed by atoms with Crippen molar-refractivity contribution in [2.75, 3.05) is 7.05 Å². The van der Waals surface area contributed by atoms with Crippen molar-refractivity contribution in [1.82, 2.24) is 10.0 Å². The van der Waals surface area contributed by atoms with Crippen molar-refractivity contribution >= 4 is 15.9 Å². The van der Waals surface area contributed by atoms with Gasteiger partial charge in [0, 0.05) is 0 Å². The molecule has 0 aliphatic heterocycles. The summed E-state index contributed by atoms with van der Waals surface area (Å²) in [7, 11) is -2.42. The second kappa shape index (κ2) is 6.97. The van der Waals surface area contributed by atoms with Gasteiger partial charge in [0.1, 0.15) is 0 Å². The van der Waals surface area contributed by atoms with Crippen LogP contribution in [0.2, 0.25) is 0 Å². The number of carbonyl (C=O) groups is 1. The molecule has 0 aliphatic rings. The average molecular weight is 336 g/mol. The van der Waals surface area contributed by atoms with Gasteiger partial charge < -0.3 is 9.73 Å². The molecular weight excluding hydrogens is 316 g/mol. The lowest BCUT2D eigenvalue weighted by Gasteiger charge is -2.13. The second-order valence-corrected chi connectivity index (χ2v) is 6.93. The van der Waals surface area contributed by atoms with Gasteiger partial charge in [0.2, 0.25) is 5.09 Å². The standard InChI is InChI=1S/C16H20N2O4S/c1-4-12-5-7-13(8-6-12)11(2)18-16(19)14-9-10-15(22-14)23(20,21)17-3/h5-11,17H,4H2,1-3H3,(H,18,19). The van der Waals surface area contributed by atoms with E-state index in [0.717, 1.165) is 12.0 Å². The normalized spacial score (nSPS) is 12.8. The fourth-order valence-electron chi connectivity index (χ4n) is 2.08. The SMILES string of the molecule is CCc1ccc(C(C)NC(=O)c2ccc(S(=O)(=O)NC)o2)cc1. The molecule has 1 aromatic heterocycles. The summed E-state index contributed by atoms with van der Waals surface area (Å²) in [5.41, 5.74) is 2.19. The number of sulfonamides is 1. The molecule has 1 unspecified atom stereocenters. The lowest BCUT2D eigenvalue weighted by atomic mass is 10.0. The van der Waals surface area contributed by atoms with Crippen LogP contribution in [0, 0.1) is 0 Å². The number of aryl methyl sites for hydroxylation is 1. The molecule has 1 heterocycles. The quantitative estimate of drug-likeness (QED) is 0.847. The molecule has 1 aromatic carbocycles. The highest BCUT2D eigenvalue weighted by atomic mass is 32.2. The van der Waals surface area contributed by atoms with E-state index in [9.17, 15) is 13.2 Å². The van der Waals surface area contributed by atoms with Crippen molar-refractivity contribution in [2.45, 2.75) is 31.4 Å². The molecule has 1 amide bonds. The summed E-state index contributed by atoms with van der Waals surface area (Å²) in [6.07, 6.45) is 0.954. The van der Waals surface area contributed by atoms with E-state index in [-0.39, 0.29) is 16.9 Å². The highest BCUT2D eigenvalue weighted by Gasteiger charge is 2.20. The molecule has 6 nitrogen and oxygen atoms in total. The van der Waals surface area contributed by atoms with Gasteiger partial charge in [0.15, 0.2) is 5.76 Å². The van der Waals surface area contributed by atoms with Crippen molar-refractivity contribution in [3.8, 4) is 0 Å².